The zero-order valence-electron chi connectivity index (χ0n) is 10.4. The first kappa shape index (κ1) is 11.8. The minimum Gasteiger partial charge on any atom is -0.332 e. The number of rotatable bonds is 5. The molecule has 2 aromatic rings. The van der Waals surface area contributed by atoms with Crippen molar-refractivity contribution in [1.82, 2.24) is 25.2 Å². The van der Waals surface area contributed by atoms with Crippen molar-refractivity contribution in [2.45, 2.75) is 26.8 Å². The fraction of sp³-hybridized carbons (Fsp3) is 0.545. The van der Waals surface area contributed by atoms with Gasteiger partial charge in [-0.2, -0.15) is 10.1 Å². The van der Waals surface area contributed by atoms with Crippen LogP contribution in [0.1, 0.15) is 25.4 Å². The van der Waals surface area contributed by atoms with E-state index in [-0.39, 0.29) is 0 Å². The van der Waals surface area contributed by atoms with Gasteiger partial charge in [-0.05, 0) is 19.0 Å². The van der Waals surface area contributed by atoms with Crippen molar-refractivity contribution in [3.63, 3.8) is 0 Å². The van der Waals surface area contributed by atoms with Crippen molar-refractivity contribution in [3.8, 4) is 11.6 Å². The first-order valence-electron chi connectivity index (χ1n) is 5.81. The standard InChI is InChI=1S/C11H17N5O/c1-4-8-6-9(16(3)14-8)11-13-10(15-17-11)7-12-5-2/h6,12H,4-5,7H2,1-3H3. The van der Waals surface area contributed by atoms with Crippen molar-refractivity contribution in [3.05, 3.63) is 17.6 Å². The molecule has 0 radical (unpaired) electrons. The van der Waals surface area contributed by atoms with Gasteiger partial charge in [0.1, 0.15) is 5.69 Å². The Morgan fingerprint density at radius 3 is 2.88 bits per heavy atom. The lowest BCUT2D eigenvalue weighted by atomic mass is 10.3. The Morgan fingerprint density at radius 2 is 2.24 bits per heavy atom. The maximum absolute atomic E-state index is 5.22. The Labute approximate surface area is 100 Å². The summed E-state index contributed by atoms with van der Waals surface area (Å²) < 4.78 is 6.99. The molecule has 0 aliphatic rings. The smallest absolute Gasteiger partial charge is 0.276 e. The van der Waals surface area contributed by atoms with Gasteiger partial charge in [0.05, 0.1) is 12.2 Å². The van der Waals surface area contributed by atoms with Crippen molar-refractivity contribution in [2.75, 3.05) is 6.54 Å². The molecule has 17 heavy (non-hydrogen) atoms. The van der Waals surface area contributed by atoms with Gasteiger partial charge in [0.25, 0.3) is 5.89 Å². The van der Waals surface area contributed by atoms with E-state index in [1.807, 2.05) is 20.0 Å². The van der Waals surface area contributed by atoms with E-state index in [0.29, 0.717) is 18.3 Å². The predicted molar refractivity (Wildman–Crippen MR) is 63.3 cm³/mol. The van der Waals surface area contributed by atoms with Gasteiger partial charge < -0.3 is 9.84 Å². The minimum atomic E-state index is 0.521. The Balaban J connectivity index is 2.20. The molecule has 0 spiro atoms. The molecule has 2 rings (SSSR count). The maximum atomic E-state index is 5.22. The molecule has 1 N–H and O–H groups in total. The molecule has 92 valence electrons. The monoisotopic (exact) mass is 235 g/mol. The minimum absolute atomic E-state index is 0.521. The van der Waals surface area contributed by atoms with Crippen LogP contribution in [0, 0.1) is 0 Å². The average molecular weight is 235 g/mol. The van der Waals surface area contributed by atoms with E-state index in [9.17, 15) is 0 Å². The molecule has 0 atom stereocenters. The summed E-state index contributed by atoms with van der Waals surface area (Å²) in [5.41, 5.74) is 1.88. The largest absolute Gasteiger partial charge is 0.332 e. The van der Waals surface area contributed by atoms with E-state index in [0.717, 1.165) is 24.4 Å². The molecule has 2 heterocycles. The van der Waals surface area contributed by atoms with Crippen molar-refractivity contribution in [1.29, 1.82) is 0 Å². The first-order valence-corrected chi connectivity index (χ1v) is 5.81. The molecule has 0 saturated carbocycles. The van der Waals surface area contributed by atoms with Crippen LogP contribution in [0.15, 0.2) is 10.6 Å². The fourth-order valence-electron chi connectivity index (χ4n) is 1.57. The normalized spacial score (nSPS) is 11.0. The lowest BCUT2D eigenvalue weighted by molar-refractivity contribution is 0.416. The summed E-state index contributed by atoms with van der Waals surface area (Å²) in [5, 5.41) is 11.4. The van der Waals surface area contributed by atoms with E-state index in [2.05, 4.69) is 27.5 Å². The lowest BCUT2D eigenvalue weighted by Gasteiger charge is -1.93. The summed E-state index contributed by atoms with van der Waals surface area (Å²) in [6, 6.07) is 1.98. The van der Waals surface area contributed by atoms with Crippen LogP contribution in [0.2, 0.25) is 0 Å². The van der Waals surface area contributed by atoms with Gasteiger partial charge in [0.2, 0.25) is 0 Å². The molecular weight excluding hydrogens is 218 g/mol. The number of nitrogens with zero attached hydrogens (tertiary/aromatic N) is 4. The van der Waals surface area contributed by atoms with Crippen molar-refractivity contribution >= 4 is 0 Å². The molecule has 0 aliphatic carbocycles. The van der Waals surface area contributed by atoms with Gasteiger partial charge >= 0.3 is 0 Å². The van der Waals surface area contributed by atoms with E-state index < -0.39 is 0 Å². The Hall–Kier alpha value is -1.69. The van der Waals surface area contributed by atoms with Crippen LogP contribution < -0.4 is 5.32 Å². The average Bonchev–Trinajstić information content (AvgIpc) is 2.92. The third-order valence-corrected chi connectivity index (χ3v) is 2.51. The number of aromatic nitrogens is 4. The third-order valence-electron chi connectivity index (χ3n) is 2.51. The highest BCUT2D eigenvalue weighted by Crippen LogP contribution is 2.17. The highest BCUT2D eigenvalue weighted by Gasteiger charge is 2.13. The molecule has 0 bridgehead atoms. The Morgan fingerprint density at radius 1 is 1.41 bits per heavy atom. The third kappa shape index (κ3) is 2.52. The number of hydrogen-bond donors (Lipinski definition) is 1. The molecular formula is C11H17N5O. The summed E-state index contributed by atoms with van der Waals surface area (Å²) in [7, 11) is 1.88. The summed E-state index contributed by atoms with van der Waals surface area (Å²) in [4.78, 5) is 4.33. The van der Waals surface area contributed by atoms with Gasteiger partial charge in [-0.3, -0.25) is 4.68 Å². The number of nitrogens with one attached hydrogen (secondary N) is 1. The maximum Gasteiger partial charge on any atom is 0.276 e. The highest BCUT2D eigenvalue weighted by molar-refractivity contribution is 5.47. The predicted octanol–water partition coefficient (Wildman–Crippen LogP) is 1.14. The summed E-state index contributed by atoms with van der Waals surface area (Å²) >= 11 is 0. The molecule has 0 fully saturated rings. The molecule has 6 heteroatoms. The number of aryl methyl sites for hydroxylation is 2. The molecule has 0 aromatic carbocycles. The highest BCUT2D eigenvalue weighted by atomic mass is 16.5. The first-order chi connectivity index (χ1) is 8.24. The quantitative estimate of drug-likeness (QED) is 0.841. The van der Waals surface area contributed by atoms with E-state index in [4.69, 9.17) is 4.52 Å². The molecule has 6 nitrogen and oxygen atoms in total. The second kappa shape index (κ2) is 5.09. The molecule has 0 saturated heterocycles. The lowest BCUT2D eigenvalue weighted by Crippen LogP contribution is -2.12. The zero-order chi connectivity index (χ0) is 12.3. The zero-order valence-corrected chi connectivity index (χ0v) is 10.4. The van der Waals surface area contributed by atoms with Gasteiger partial charge in [-0.15, -0.1) is 0 Å². The summed E-state index contributed by atoms with van der Waals surface area (Å²) in [6.45, 7) is 5.61. The fourth-order valence-corrected chi connectivity index (χ4v) is 1.57. The van der Waals surface area contributed by atoms with Gasteiger partial charge in [-0.25, -0.2) is 0 Å². The van der Waals surface area contributed by atoms with Gasteiger partial charge in [0, 0.05) is 7.05 Å². The van der Waals surface area contributed by atoms with E-state index in [1.54, 1.807) is 4.68 Å². The summed E-state index contributed by atoms with van der Waals surface area (Å²) in [6.07, 6.45) is 0.895. The van der Waals surface area contributed by atoms with Crippen LogP contribution in [-0.2, 0) is 20.0 Å². The topological polar surface area (TPSA) is 68.8 Å². The van der Waals surface area contributed by atoms with Crippen LogP contribution in [-0.4, -0.2) is 26.5 Å². The number of hydrogen-bond acceptors (Lipinski definition) is 5. The molecule has 0 unspecified atom stereocenters. The Kier molecular flexibility index (Phi) is 3.53. The van der Waals surface area contributed by atoms with Crippen LogP contribution in [0.25, 0.3) is 11.6 Å². The van der Waals surface area contributed by atoms with E-state index >= 15 is 0 Å². The van der Waals surface area contributed by atoms with Crippen molar-refractivity contribution in [2.24, 2.45) is 7.05 Å². The second-order valence-corrected chi connectivity index (χ2v) is 3.79. The van der Waals surface area contributed by atoms with Gasteiger partial charge in [-0.1, -0.05) is 19.0 Å². The SMILES string of the molecule is CCNCc1noc(-c2cc(CC)nn2C)n1. The van der Waals surface area contributed by atoms with Crippen LogP contribution in [0.5, 0.6) is 0 Å². The second-order valence-electron chi connectivity index (χ2n) is 3.79. The van der Waals surface area contributed by atoms with E-state index in [1.165, 1.54) is 0 Å². The molecule has 0 aliphatic heterocycles. The summed E-state index contributed by atoms with van der Waals surface area (Å²) in [5.74, 6) is 1.19. The molecule has 0 amide bonds. The molecule has 2 aromatic heterocycles. The van der Waals surface area contributed by atoms with Gasteiger partial charge in [0.15, 0.2) is 5.82 Å². The Bertz CT molecular complexity index is 488. The van der Waals surface area contributed by atoms with Crippen LogP contribution in [0.4, 0.5) is 0 Å². The van der Waals surface area contributed by atoms with Crippen LogP contribution >= 0.6 is 0 Å². The van der Waals surface area contributed by atoms with Crippen LogP contribution in [0.3, 0.4) is 0 Å². The van der Waals surface area contributed by atoms with Crippen molar-refractivity contribution < 1.29 is 4.52 Å².